The average Bonchev–Trinajstić information content (AvgIpc) is 3.32. The van der Waals surface area contributed by atoms with Gasteiger partial charge in [0.25, 0.3) is 0 Å². The molecule has 2 aromatic heterocycles. The van der Waals surface area contributed by atoms with Gasteiger partial charge in [-0.25, -0.2) is 4.68 Å². The Morgan fingerprint density at radius 1 is 1.11 bits per heavy atom. The summed E-state index contributed by atoms with van der Waals surface area (Å²) in [5.74, 6) is 0.146. The van der Waals surface area contributed by atoms with Gasteiger partial charge in [-0.15, -0.1) is 0 Å². The zero-order valence-electron chi connectivity index (χ0n) is 15.7. The second-order valence-corrected chi connectivity index (χ2v) is 7.06. The molecule has 0 saturated carbocycles. The first-order chi connectivity index (χ1) is 13.1. The van der Waals surface area contributed by atoms with E-state index in [0.29, 0.717) is 6.54 Å². The molecule has 140 valence electrons. The fraction of sp³-hybridized carbons (Fsp3) is 0.350. The molecule has 27 heavy (non-hydrogen) atoms. The number of benzene rings is 1. The average molecular weight is 364 g/mol. The second kappa shape index (κ2) is 7.36. The number of nitrogens with zero attached hydrogens (tertiary/aromatic N) is 6. The Kier molecular flexibility index (Phi) is 4.77. The van der Waals surface area contributed by atoms with Crippen LogP contribution in [-0.2, 0) is 18.4 Å². The van der Waals surface area contributed by atoms with Gasteiger partial charge < -0.3 is 4.90 Å². The topological polar surface area (TPSA) is 59.2 Å². The fourth-order valence-electron chi connectivity index (χ4n) is 3.63. The van der Waals surface area contributed by atoms with Crippen LogP contribution in [0.15, 0.2) is 55.1 Å². The Morgan fingerprint density at radius 2 is 1.93 bits per heavy atom. The Hall–Kier alpha value is -2.93. The van der Waals surface area contributed by atoms with E-state index in [2.05, 4.69) is 15.1 Å². The van der Waals surface area contributed by atoms with Crippen LogP contribution in [0, 0.1) is 0 Å². The first-order valence-electron chi connectivity index (χ1n) is 9.21. The van der Waals surface area contributed by atoms with Crippen molar-refractivity contribution >= 4 is 11.6 Å². The molecule has 0 radical (unpaired) electrons. The number of anilines is 1. The first kappa shape index (κ1) is 17.5. The normalized spacial score (nSPS) is 17.7. The summed E-state index contributed by atoms with van der Waals surface area (Å²) in [7, 11) is 3.88. The van der Waals surface area contributed by atoms with Gasteiger partial charge >= 0.3 is 0 Å². The molecule has 7 nitrogen and oxygen atoms in total. The molecule has 1 saturated heterocycles. The van der Waals surface area contributed by atoms with E-state index in [-0.39, 0.29) is 11.9 Å². The molecule has 3 aromatic rings. The lowest BCUT2D eigenvalue weighted by atomic mass is 10.0. The Morgan fingerprint density at radius 3 is 2.67 bits per heavy atom. The van der Waals surface area contributed by atoms with Crippen molar-refractivity contribution in [2.24, 2.45) is 7.05 Å². The van der Waals surface area contributed by atoms with Crippen LogP contribution >= 0.6 is 0 Å². The molecule has 1 aliphatic heterocycles. The van der Waals surface area contributed by atoms with Crippen molar-refractivity contribution in [1.29, 1.82) is 0 Å². The van der Waals surface area contributed by atoms with Gasteiger partial charge in [-0.3, -0.25) is 14.4 Å². The number of rotatable bonds is 5. The predicted octanol–water partition coefficient (Wildman–Crippen LogP) is 2.23. The fourth-order valence-corrected chi connectivity index (χ4v) is 3.63. The smallest absolute Gasteiger partial charge is 0.244 e. The van der Waals surface area contributed by atoms with Crippen LogP contribution in [0.3, 0.4) is 0 Å². The highest BCUT2D eigenvalue weighted by Gasteiger charge is 2.33. The highest BCUT2D eigenvalue weighted by Crippen LogP contribution is 2.23. The van der Waals surface area contributed by atoms with Gasteiger partial charge in [-0.2, -0.15) is 10.2 Å². The van der Waals surface area contributed by atoms with Gasteiger partial charge in [-0.1, -0.05) is 18.2 Å². The maximum absolute atomic E-state index is 13.0. The van der Waals surface area contributed by atoms with Crippen molar-refractivity contribution < 1.29 is 4.79 Å². The SMILES string of the molecule is CN(Cc1cnn(-c2ccccc2)c1)C1CCCN(c2cnn(C)c2)C1=O. The maximum Gasteiger partial charge on any atom is 0.244 e. The summed E-state index contributed by atoms with van der Waals surface area (Å²) < 4.78 is 3.60. The predicted molar refractivity (Wildman–Crippen MR) is 104 cm³/mol. The number of amides is 1. The van der Waals surface area contributed by atoms with Crippen molar-refractivity contribution in [2.75, 3.05) is 18.5 Å². The third-order valence-electron chi connectivity index (χ3n) is 5.03. The van der Waals surface area contributed by atoms with Crippen molar-refractivity contribution in [1.82, 2.24) is 24.5 Å². The van der Waals surface area contributed by atoms with Crippen LogP contribution < -0.4 is 4.90 Å². The van der Waals surface area contributed by atoms with E-state index >= 15 is 0 Å². The monoisotopic (exact) mass is 364 g/mol. The van der Waals surface area contributed by atoms with Gasteiger partial charge in [0.05, 0.1) is 29.8 Å². The summed E-state index contributed by atoms with van der Waals surface area (Å²) >= 11 is 0. The summed E-state index contributed by atoms with van der Waals surface area (Å²) in [6, 6.07) is 9.91. The van der Waals surface area contributed by atoms with Crippen molar-refractivity contribution in [2.45, 2.75) is 25.4 Å². The van der Waals surface area contributed by atoms with E-state index in [4.69, 9.17) is 0 Å². The van der Waals surface area contributed by atoms with E-state index in [1.807, 2.05) is 72.6 Å². The van der Waals surface area contributed by atoms with Gasteiger partial charge in [0.1, 0.15) is 0 Å². The molecular weight excluding hydrogens is 340 g/mol. The molecular formula is C20H24N6O. The number of aryl methyl sites for hydroxylation is 1. The lowest BCUT2D eigenvalue weighted by Gasteiger charge is -2.36. The van der Waals surface area contributed by atoms with Gasteiger partial charge in [0.2, 0.25) is 5.91 Å². The third kappa shape index (κ3) is 3.64. The molecule has 3 heterocycles. The standard InChI is InChI=1S/C20H24N6O/c1-23(13-16-11-22-26(14-16)17-7-4-3-5-8-17)19-9-6-10-25(20(19)27)18-12-21-24(2)15-18/h3-5,7-8,11-12,14-15,19H,6,9-10,13H2,1-2H3. The maximum atomic E-state index is 13.0. The number of likely N-dealkylation sites (N-methyl/N-ethyl adjacent to an activating group) is 1. The van der Waals surface area contributed by atoms with Crippen LogP contribution in [0.5, 0.6) is 0 Å². The molecule has 0 bridgehead atoms. The van der Waals surface area contributed by atoms with Gasteiger partial charge in [-0.05, 0) is 32.0 Å². The van der Waals surface area contributed by atoms with Crippen LogP contribution in [0.1, 0.15) is 18.4 Å². The van der Waals surface area contributed by atoms with E-state index in [0.717, 1.165) is 36.3 Å². The summed E-state index contributed by atoms with van der Waals surface area (Å²) in [5.41, 5.74) is 2.99. The molecule has 1 aromatic carbocycles. The summed E-state index contributed by atoms with van der Waals surface area (Å²) in [6.45, 7) is 1.44. The van der Waals surface area contributed by atoms with E-state index in [1.54, 1.807) is 10.9 Å². The third-order valence-corrected chi connectivity index (χ3v) is 5.03. The minimum Gasteiger partial charge on any atom is -0.308 e. The highest BCUT2D eigenvalue weighted by atomic mass is 16.2. The van der Waals surface area contributed by atoms with Crippen LogP contribution in [0.4, 0.5) is 5.69 Å². The van der Waals surface area contributed by atoms with Crippen LogP contribution in [-0.4, -0.2) is 50.0 Å². The summed E-state index contributed by atoms with van der Waals surface area (Å²) in [4.78, 5) is 17.0. The molecule has 4 rings (SSSR count). The molecule has 0 aliphatic carbocycles. The zero-order valence-corrected chi connectivity index (χ0v) is 15.7. The molecule has 7 heteroatoms. The number of hydrogen-bond donors (Lipinski definition) is 0. The largest absolute Gasteiger partial charge is 0.308 e. The van der Waals surface area contributed by atoms with E-state index in [9.17, 15) is 4.79 Å². The number of aromatic nitrogens is 4. The summed E-state index contributed by atoms with van der Waals surface area (Å²) in [5, 5.41) is 8.65. The molecule has 1 unspecified atom stereocenters. The summed E-state index contributed by atoms with van der Waals surface area (Å²) in [6.07, 6.45) is 9.40. The highest BCUT2D eigenvalue weighted by molar-refractivity contribution is 5.97. The number of carbonyl (C=O) groups is 1. The van der Waals surface area contributed by atoms with Crippen molar-refractivity contribution in [3.8, 4) is 5.69 Å². The Balaban J connectivity index is 1.45. The number of hydrogen-bond acceptors (Lipinski definition) is 4. The molecule has 0 spiro atoms. The lowest BCUT2D eigenvalue weighted by Crippen LogP contribution is -2.51. The first-order valence-corrected chi connectivity index (χ1v) is 9.21. The van der Waals surface area contributed by atoms with Gasteiger partial charge in [0.15, 0.2) is 0 Å². The molecule has 1 aliphatic rings. The van der Waals surface area contributed by atoms with Gasteiger partial charge in [0, 0.05) is 38.1 Å². The molecule has 0 N–H and O–H groups in total. The zero-order chi connectivity index (χ0) is 18.8. The van der Waals surface area contributed by atoms with E-state index in [1.165, 1.54) is 0 Å². The van der Waals surface area contributed by atoms with Crippen LogP contribution in [0.25, 0.3) is 5.69 Å². The van der Waals surface area contributed by atoms with Crippen LogP contribution in [0.2, 0.25) is 0 Å². The molecule has 1 atom stereocenters. The second-order valence-electron chi connectivity index (χ2n) is 7.06. The van der Waals surface area contributed by atoms with Crippen molar-refractivity contribution in [3.05, 3.63) is 60.7 Å². The molecule has 1 amide bonds. The quantitative estimate of drug-likeness (QED) is 0.697. The van der Waals surface area contributed by atoms with E-state index < -0.39 is 0 Å². The number of para-hydroxylation sites is 1. The minimum atomic E-state index is -0.126. The Bertz CT molecular complexity index is 915. The number of piperidine rings is 1. The Labute approximate surface area is 158 Å². The van der Waals surface area contributed by atoms with Crippen molar-refractivity contribution in [3.63, 3.8) is 0 Å². The minimum absolute atomic E-state index is 0.126. The number of carbonyl (C=O) groups excluding carboxylic acids is 1. The molecule has 1 fully saturated rings. The lowest BCUT2D eigenvalue weighted by molar-refractivity contribution is -0.125.